The number of aliphatic hydroxyl groups is 4. The Kier molecular flexibility index (Phi) is 39.6. The van der Waals surface area contributed by atoms with Gasteiger partial charge in [-0.2, -0.15) is 0 Å². The van der Waals surface area contributed by atoms with Crippen LogP contribution in [0.2, 0.25) is 0 Å². The summed E-state index contributed by atoms with van der Waals surface area (Å²) in [6.45, 7) is 3.39. The number of ether oxygens (including phenoxy) is 4. The Morgan fingerprint density at radius 2 is 0.903 bits per heavy atom. The highest BCUT2D eigenvalue weighted by molar-refractivity contribution is 5.70. The highest BCUT2D eigenvalue weighted by atomic mass is 16.7. The predicted octanol–water partition coefficient (Wildman–Crippen LogP) is 11.6. The molecule has 6 atom stereocenters. The van der Waals surface area contributed by atoms with Gasteiger partial charge >= 0.3 is 11.9 Å². The lowest BCUT2D eigenvalue weighted by molar-refractivity contribution is -0.305. The zero-order valence-electron chi connectivity index (χ0n) is 39.4. The standard InChI is InChI=1S/C52H92O10/c1-3-5-7-9-11-13-15-17-19-21-23-25-27-29-31-33-35-37-39-41-48(55)61-45(44-60-52-51(58)50(57)49(56)46(42-53)62-52)43-59-47(54)40-38-36-34-32-30-28-26-24-22-20-18-16-14-12-10-8-6-4-2/h11,13-14,16-17,19-20,22,45-46,49-53,56-58H,3-10,12,15,18,21,23-44H2,1-2H3/b13-11-,16-14-,19-17-,22-20-. The minimum Gasteiger partial charge on any atom is -0.462 e. The average Bonchev–Trinajstić information content (AvgIpc) is 3.27. The number of carbonyl (C=O) groups is 2. The van der Waals surface area contributed by atoms with Gasteiger partial charge in [0.05, 0.1) is 13.2 Å². The van der Waals surface area contributed by atoms with Gasteiger partial charge in [-0.25, -0.2) is 0 Å². The molecule has 1 rings (SSSR count). The van der Waals surface area contributed by atoms with Crippen LogP contribution in [0.5, 0.6) is 0 Å². The van der Waals surface area contributed by atoms with Crippen molar-refractivity contribution in [3.8, 4) is 0 Å². The van der Waals surface area contributed by atoms with E-state index < -0.39 is 49.4 Å². The van der Waals surface area contributed by atoms with Crippen LogP contribution >= 0.6 is 0 Å². The fourth-order valence-corrected chi connectivity index (χ4v) is 7.43. The molecule has 1 aliphatic heterocycles. The van der Waals surface area contributed by atoms with Gasteiger partial charge in [0, 0.05) is 12.8 Å². The molecule has 0 saturated carbocycles. The first-order valence-electron chi connectivity index (χ1n) is 25.2. The summed E-state index contributed by atoms with van der Waals surface area (Å²) < 4.78 is 22.2. The number of esters is 2. The van der Waals surface area contributed by atoms with Gasteiger partial charge in [0.1, 0.15) is 31.0 Å². The van der Waals surface area contributed by atoms with E-state index in [4.69, 9.17) is 18.9 Å². The molecule has 0 amide bonds. The topological polar surface area (TPSA) is 152 Å². The van der Waals surface area contributed by atoms with E-state index in [0.717, 1.165) is 64.2 Å². The summed E-state index contributed by atoms with van der Waals surface area (Å²) in [5.41, 5.74) is 0. The van der Waals surface area contributed by atoms with Gasteiger partial charge in [-0.3, -0.25) is 9.59 Å². The largest absolute Gasteiger partial charge is 0.462 e. The first kappa shape index (κ1) is 57.7. The lowest BCUT2D eigenvalue weighted by atomic mass is 9.99. The average molecular weight is 877 g/mol. The highest BCUT2D eigenvalue weighted by Crippen LogP contribution is 2.23. The molecule has 62 heavy (non-hydrogen) atoms. The van der Waals surface area contributed by atoms with E-state index in [0.29, 0.717) is 12.8 Å². The Morgan fingerprint density at radius 1 is 0.500 bits per heavy atom. The normalized spacial score (nSPS) is 20.0. The van der Waals surface area contributed by atoms with E-state index in [-0.39, 0.29) is 32.0 Å². The van der Waals surface area contributed by atoms with Gasteiger partial charge in [-0.1, -0.05) is 172 Å². The molecule has 0 aromatic rings. The number of unbranched alkanes of at least 4 members (excludes halogenated alkanes) is 23. The summed E-state index contributed by atoms with van der Waals surface area (Å²) in [6, 6.07) is 0. The highest BCUT2D eigenvalue weighted by Gasteiger charge is 2.44. The molecule has 0 spiro atoms. The van der Waals surface area contributed by atoms with Crippen LogP contribution < -0.4 is 0 Å². The summed E-state index contributed by atoms with van der Waals surface area (Å²) in [6.07, 6.45) is 43.9. The van der Waals surface area contributed by atoms with Gasteiger partial charge < -0.3 is 39.4 Å². The molecule has 1 heterocycles. The molecule has 360 valence electrons. The molecule has 0 aliphatic carbocycles. The fraction of sp³-hybridized carbons (Fsp3) is 0.808. The van der Waals surface area contributed by atoms with E-state index in [1.54, 1.807) is 0 Å². The fourth-order valence-electron chi connectivity index (χ4n) is 7.43. The molecule has 6 unspecified atom stereocenters. The maximum atomic E-state index is 12.8. The van der Waals surface area contributed by atoms with Crippen molar-refractivity contribution in [2.75, 3.05) is 19.8 Å². The maximum absolute atomic E-state index is 12.8. The number of hydrogen-bond donors (Lipinski definition) is 4. The minimum absolute atomic E-state index is 0.222. The molecule has 1 saturated heterocycles. The van der Waals surface area contributed by atoms with E-state index in [2.05, 4.69) is 62.5 Å². The molecule has 0 bridgehead atoms. The van der Waals surface area contributed by atoms with Gasteiger partial charge in [-0.15, -0.1) is 0 Å². The van der Waals surface area contributed by atoms with Crippen molar-refractivity contribution in [2.24, 2.45) is 0 Å². The quantitative estimate of drug-likeness (QED) is 0.0265. The number of hydrogen-bond acceptors (Lipinski definition) is 10. The SMILES string of the molecule is CCCCC/C=C\C/C=C\CCCCCCCCCCCC(=O)OC(COC(=O)CCCCCCCCC/C=C\C/C=C\CCCCCC)COC1OC(CO)C(O)C(O)C1O. The molecule has 4 N–H and O–H groups in total. The first-order valence-corrected chi connectivity index (χ1v) is 25.2. The summed E-state index contributed by atoms with van der Waals surface area (Å²) in [4.78, 5) is 25.4. The van der Waals surface area contributed by atoms with Crippen molar-refractivity contribution in [1.29, 1.82) is 0 Å². The Labute approximate surface area is 378 Å². The summed E-state index contributed by atoms with van der Waals surface area (Å²) in [5, 5.41) is 40.2. The first-order chi connectivity index (χ1) is 30.3. The molecule has 1 aliphatic rings. The number of aliphatic hydroxyl groups excluding tert-OH is 4. The van der Waals surface area contributed by atoms with Crippen LogP contribution in [0, 0.1) is 0 Å². The van der Waals surface area contributed by atoms with Crippen LogP contribution in [0.1, 0.15) is 213 Å². The third kappa shape index (κ3) is 33.2. The second-order valence-electron chi connectivity index (χ2n) is 17.3. The number of rotatable bonds is 42. The van der Waals surface area contributed by atoms with Gasteiger partial charge in [0.15, 0.2) is 12.4 Å². The molecule has 0 aromatic heterocycles. The molecule has 0 aromatic carbocycles. The van der Waals surface area contributed by atoms with Crippen LogP contribution in [0.4, 0.5) is 0 Å². The summed E-state index contributed by atoms with van der Waals surface area (Å²) >= 11 is 0. The van der Waals surface area contributed by atoms with Gasteiger partial charge in [0.25, 0.3) is 0 Å². The van der Waals surface area contributed by atoms with E-state index in [1.807, 2.05) is 0 Å². The number of allylic oxidation sites excluding steroid dienone is 8. The summed E-state index contributed by atoms with van der Waals surface area (Å²) in [5.74, 6) is -0.817. The maximum Gasteiger partial charge on any atom is 0.306 e. The van der Waals surface area contributed by atoms with Crippen LogP contribution in [-0.4, -0.2) is 89.0 Å². The molecular formula is C52H92O10. The molecular weight excluding hydrogens is 785 g/mol. The van der Waals surface area contributed by atoms with Gasteiger partial charge in [-0.05, 0) is 77.0 Å². The second kappa shape index (κ2) is 42.6. The van der Waals surface area contributed by atoms with Crippen molar-refractivity contribution in [2.45, 2.75) is 250 Å². The van der Waals surface area contributed by atoms with Crippen LogP contribution in [0.3, 0.4) is 0 Å². The smallest absolute Gasteiger partial charge is 0.306 e. The zero-order valence-corrected chi connectivity index (χ0v) is 39.4. The van der Waals surface area contributed by atoms with Gasteiger partial charge in [0.2, 0.25) is 0 Å². The lowest BCUT2D eigenvalue weighted by Crippen LogP contribution is -2.59. The summed E-state index contributed by atoms with van der Waals surface area (Å²) in [7, 11) is 0. The van der Waals surface area contributed by atoms with Crippen molar-refractivity contribution in [3.05, 3.63) is 48.6 Å². The molecule has 0 radical (unpaired) electrons. The lowest BCUT2D eigenvalue weighted by Gasteiger charge is -2.39. The molecule has 10 nitrogen and oxygen atoms in total. The van der Waals surface area contributed by atoms with Crippen molar-refractivity contribution < 1.29 is 49.0 Å². The third-order valence-corrected chi connectivity index (χ3v) is 11.4. The Bertz CT molecular complexity index is 1150. The van der Waals surface area contributed by atoms with Crippen LogP contribution in [0.25, 0.3) is 0 Å². The van der Waals surface area contributed by atoms with E-state index >= 15 is 0 Å². The monoisotopic (exact) mass is 877 g/mol. The van der Waals surface area contributed by atoms with E-state index in [1.165, 1.54) is 109 Å². The molecule has 10 heteroatoms. The van der Waals surface area contributed by atoms with E-state index in [9.17, 15) is 30.0 Å². The number of carbonyl (C=O) groups excluding carboxylic acids is 2. The van der Waals surface area contributed by atoms with Crippen molar-refractivity contribution >= 4 is 11.9 Å². The third-order valence-electron chi connectivity index (χ3n) is 11.4. The van der Waals surface area contributed by atoms with Crippen LogP contribution in [0.15, 0.2) is 48.6 Å². The predicted molar refractivity (Wildman–Crippen MR) is 252 cm³/mol. The van der Waals surface area contributed by atoms with Crippen molar-refractivity contribution in [3.63, 3.8) is 0 Å². The minimum atomic E-state index is -1.60. The Balaban J connectivity index is 2.28. The Hall–Kier alpha value is -2.34. The molecule has 1 fully saturated rings. The Morgan fingerprint density at radius 3 is 1.37 bits per heavy atom. The zero-order chi connectivity index (χ0) is 45.1. The van der Waals surface area contributed by atoms with Crippen LogP contribution in [-0.2, 0) is 28.5 Å². The second-order valence-corrected chi connectivity index (χ2v) is 17.3. The van der Waals surface area contributed by atoms with Crippen molar-refractivity contribution in [1.82, 2.24) is 0 Å².